The topological polar surface area (TPSA) is 95.9 Å². The first kappa shape index (κ1) is 17.2. The van der Waals surface area contributed by atoms with Gasteiger partial charge in [0, 0.05) is 38.6 Å². The SMILES string of the molecule is CCCN=C(NCCc1ccco1)NC1CCN(C(N)=O)CC1. The van der Waals surface area contributed by atoms with E-state index >= 15 is 0 Å². The molecule has 7 heteroatoms. The zero-order valence-corrected chi connectivity index (χ0v) is 13.8. The van der Waals surface area contributed by atoms with Crippen LogP contribution in [0.1, 0.15) is 31.9 Å². The van der Waals surface area contributed by atoms with Gasteiger partial charge in [0.25, 0.3) is 0 Å². The maximum Gasteiger partial charge on any atom is 0.314 e. The summed E-state index contributed by atoms with van der Waals surface area (Å²) >= 11 is 0. The van der Waals surface area contributed by atoms with E-state index in [1.54, 1.807) is 11.2 Å². The van der Waals surface area contributed by atoms with Gasteiger partial charge in [0.1, 0.15) is 5.76 Å². The molecule has 0 atom stereocenters. The number of furan rings is 1. The number of likely N-dealkylation sites (tertiary alicyclic amines) is 1. The van der Waals surface area contributed by atoms with Crippen molar-refractivity contribution >= 4 is 12.0 Å². The summed E-state index contributed by atoms with van der Waals surface area (Å²) in [7, 11) is 0. The first-order valence-corrected chi connectivity index (χ1v) is 8.30. The Balaban J connectivity index is 1.78. The van der Waals surface area contributed by atoms with Crippen LogP contribution in [-0.4, -0.2) is 49.1 Å². The lowest BCUT2D eigenvalue weighted by atomic mass is 10.1. The second-order valence-electron chi connectivity index (χ2n) is 5.73. The molecule has 0 spiro atoms. The van der Waals surface area contributed by atoms with Gasteiger partial charge in [0.15, 0.2) is 5.96 Å². The summed E-state index contributed by atoms with van der Waals surface area (Å²) < 4.78 is 5.33. The molecule has 7 nitrogen and oxygen atoms in total. The highest BCUT2D eigenvalue weighted by atomic mass is 16.3. The van der Waals surface area contributed by atoms with Crippen molar-refractivity contribution in [3.63, 3.8) is 0 Å². The quantitative estimate of drug-likeness (QED) is 0.544. The molecule has 0 bridgehead atoms. The summed E-state index contributed by atoms with van der Waals surface area (Å²) in [5, 5.41) is 6.81. The highest BCUT2D eigenvalue weighted by Crippen LogP contribution is 2.09. The van der Waals surface area contributed by atoms with E-state index in [1.807, 2.05) is 12.1 Å². The molecule has 4 N–H and O–H groups in total. The van der Waals surface area contributed by atoms with Crippen LogP contribution in [0.4, 0.5) is 4.79 Å². The molecule has 2 amide bonds. The number of nitrogens with two attached hydrogens (primary N) is 1. The second-order valence-corrected chi connectivity index (χ2v) is 5.73. The number of amides is 2. The summed E-state index contributed by atoms with van der Waals surface area (Å²) in [4.78, 5) is 17.4. The van der Waals surface area contributed by atoms with Crippen molar-refractivity contribution in [2.75, 3.05) is 26.2 Å². The molecule has 1 aromatic rings. The van der Waals surface area contributed by atoms with Crippen molar-refractivity contribution in [3.8, 4) is 0 Å². The second kappa shape index (κ2) is 9.07. The molecule has 0 aromatic carbocycles. The Morgan fingerprint density at radius 3 is 2.87 bits per heavy atom. The smallest absolute Gasteiger partial charge is 0.314 e. The fraction of sp³-hybridized carbons (Fsp3) is 0.625. The molecule has 2 rings (SSSR count). The van der Waals surface area contributed by atoms with E-state index in [9.17, 15) is 4.79 Å². The van der Waals surface area contributed by atoms with E-state index in [-0.39, 0.29) is 6.03 Å². The summed E-state index contributed by atoms with van der Waals surface area (Å²) in [5.41, 5.74) is 5.31. The van der Waals surface area contributed by atoms with Gasteiger partial charge in [-0.2, -0.15) is 0 Å². The number of carbonyl (C=O) groups is 1. The average Bonchev–Trinajstić information content (AvgIpc) is 3.06. The van der Waals surface area contributed by atoms with Gasteiger partial charge < -0.3 is 25.7 Å². The molecule has 0 aliphatic carbocycles. The molecule has 1 aliphatic heterocycles. The maximum atomic E-state index is 11.2. The standard InChI is InChI=1S/C16H27N5O2/c1-2-8-18-16(19-9-5-14-4-3-12-23-14)20-13-6-10-21(11-7-13)15(17)22/h3-4,12-13H,2,5-11H2,1H3,(H2,17,22)(H2,18,19,20). The number of hydrogen-bond donors (Lipinski definition) is 3. The lowest BCUT2D eigenvalue weighted by molar-refractivity contribution is 0.188. The lowest BCUT2D eigenvalue weighted by Crippen LogP contribution is -2.51. The Hall–Kier alpha value is -2.18. The summed E-state index contributed by atoms with van der Waals surface area (Å²) in [5.74, 6) is 1.79. The number of primary amides is 1. The monoisotopic (exact) mass is 321 g/mol. The van der Waals surface area contributed by atoms with Gasteiger partial charge in [-0.1, -0.05) is 6.92 Å². The van der Waals surface area contributed by atoms with E-state index in [4.69, 9.17) is 10.2 Å². The van der Waals surface area contributed by atoms with Crippen LogP contribution in [-0.2, 0) is 6.42 Å². The van der Waals surface area contributed by atoms with E-state index in [1.165, 1.54) is 0 Å². The van der Waals surface area contributed by atoms with Crippen LogP contribution in [0.5, 0.6) is 0 Å². The summed E-state index contributed by atoms with van der Waals surface area (Å²) in [6, 6.07) is 3.85. The van der Waals surface area contributed by atoms with Gasteiger partial charge in [-0.15, -0.1) is 0 Å². The Morgan fingerprint density at radius 1 is 1.48 bits per heavy atom. The first-order valence-electron chi connectivity index (χ1n) is 8.30. The van der Waals surface area contributed by atoms with E-state index in [0.29, 0.717) is 19.1 Å². The summed E-state index contributed by atoms with van der Waals surface area (Å²) in [6.45, 7) is 5.05. The molecule has 1 aliphatic rings. The van der Waals surface area contributed by atoms with Gasteiger partial charge >= 0.3 is 6.03 Å². The van der Waals surface area contributed by atoms with E-state index in [0.717, 1.165) is 50.5 Å². The fourth-order valence-electron chi connectivity index (χ4n) is 2.57. The molecule has 0 unspecified atom stereocenters. The molecule has 1 fully saturated rings. The van der Waals surface area contributed by atoms with Crippen molar-refractivity contribution < 1.29 is 9.21 Å². The Labute approximate surface area is 137 Å². The molecule has 2 heterocycles. The van der Waals surface area contributed by atoms with Crippen LogP contribution < -0.4 is 16.4 Å². The van der Waals surface area contributed by atoms with Crippen LogP contribution in [0, 0.1) is 0 Å². The van der Waals surface area contributed by atoms with Crippen molar-refractivity contribution in [1.82, 2.24) is 15.5 Å². The van der Waals surface area contributed by atoms with Crippen molar-refractivity contribution in [3.05, 3.63) is 24.2 Å². The number of hydrogen-bond acceptors (Lipinski definition) is 3. The number of aliphatic imine (C=N–C) groups is 1. The highest BCUT2D eigenvalue weighted by molar-refractivity contribution is 5.80. The largest absolute Gasteiger partial charge is 0.469 e. The Kier molecular flexibility index (Phi) is 6.77. The number of nitrogens with one attached hydrogen (secondary N) is 2. The van der Waals surface area contributed by atoms with Gasteiger partial charge in [-0.3, -0.25) is 4.99 Å². The maximum absolute atomic E-state index is 11.2. The average molecular weight is 321 g/mol. The Morgan fingerprint density at radius 2 is 2.26 bits per heavy atom. The van der Waals surface area contributed by atoms with Crippen molar-refractivity contribution in [1.29, 1.82) is 0 Å². The molecule has 0 saturated carbocycles. The van der Waals surface area contributed by atoms with Crippen molar-refractivity contribution in [2.45, 2.75) is 38.6 Å². The highest BCUT2D eigenvalue weighted by Gasteiger charge is 2.21. The van der Waals surface area contributed by atoms with Crippen LogP contribution in [0.15, 0.2) is 27.8 Å². The number of urea groups is 1. The molecular weight excluding hydrogens is 294 g/mol. The minimum absolute atomic E-state index is 0.317. The third-order valence-corrected chi connectivity index (χ3v) is 3.88. The lowest BCUT2D eigenvalue weighted by Gasteiger charge is -2.32. The van der Waals surface area contributed by atoms with Gasteiger partial charge in [0.05, 0.1) is 6.26 Å². The molecule has 128 valence electrons. The predicted octanol–water partition coefficient (Wildman–Crippen LogP) is 1.31. The van der Waals surface area contributed by atoms with Crippen LogP contribution >= 0.6 is 0 Å². The third kappa shape index (κ3) is 5.84. The van der Waals surface area contributed by atoms with Crippen LogP contribution in [0.3, 0.4) is 0 Å². The number of nitrogens with zero attached hydrogens (tertiary/aromatic N) is 2. The normalized spacial score (nSPS) is 16.4. The fourth-order valence-corrected chi connectivity index (χ4v) is 2.57. The van der Waals surface area contributed by atoms with Crippen LogP contribution in [0.25, 0.3) is 0 Å². The number of guanidine groups is 1. The molecule has 23 heavy (non-hydrogen) atoms. The van der Waals surface area contributed by atoms with E-state index in [2.05, 4.69) is 22.5 Å². The zero-order valence-electron chi connectivity index (χ0n) is 13.8. The van der Waals surface area contributed by atoms with Gasteiger partial charge in [-0.05, 0) is 31.4 Å². The predicted molar refractivity (Wildman–Crippen MR) is 90.3 cm³/mol. The van der Waals surface area contributed by atoms with Crippen molar-refractivity contribution in [2.24, 2.45) is 10.7 Å². The first-order chi connectivity index (χ1) is 11.2. The minimum Gasteiger partial charge on any atom is -0.469 e. The third-order valence-electron chi connectivity index (χ3n) is 3.88. The minimum atomic E-state index is -0.333. The number of piperidine rings is 1. The number of carbonyl (C=O) groups excluding carboxylic acids is 1. The molecule has 0 radical (unpaired) electrons. The van der Waals surface area contributed by atoms with Crippen LogP contribution in [0.2, 0.25) is 0 Å². The van der Waals surface area contributed by atoms with E-state index < -0.39 is 0 Å². The van der Waals surface area contributed by atoms with Gasteiger partial charge in [0.2, 0.25) is 0 Å². The zero-order chi connectivity index (χ0) is 16.5. The molecule has 1 aromatic heterocycles. The Bertz CT molecular complexity index is 493. The molecule has 1 saturated heterocycles. The number of rotatable bonds is 6. The molecular formula is C16H27N5O2. The van der Waals surface area contributed by atoms with Gasteiger partial charge in [-0.25, -0.2) is 4.79 Å². The summed E-state index contributed by atoms with van der Waals surface area (Å²) in [6.07, 6.45) is 5.28.